The van der Waals surface area contributed by atoms with Crippen LogP contribution in [-0.4, -0.2) is 19.8 Å². The van der Waals surface area contributed by atoms with Crippen molar-refractivity contribution in [1.82, 2.24) is 0 Å². The Hall–Kier alpha value is -2.40. The molecule has 1 N–H and O–H groups in total. The van der Waals surface area contributed by atoms with E-state index in [0.717, 1.165) is 12.0 Å². The molecule has 0 unspecified atom stereocenters. The summed E-state index contributed by atoms with van der Waals surface area (Å²) in [6.45, 7) is 4.65. The molecule has 2 aromatic rings. The van der Waals surface area contributed by atoms with Gasteiger partial charge in [-0.1, -0.05) is 30.7 Å². The van der Waals surface area contributed by atoms with Crippen molar-refractivity contribution in [2.24, 2.45) is 0 Å². The molecular weight excluding hydrogens is 342 g/mol. The zero-order valence-electron chi connectivity index (χ0n) is 14.6. The molecule has 0 spiro atoms. The number of carbonyl (C=O) groups excluding carboxylic acids is 1. The Balaban J connectivity index is 2.25. The zero-order valence-corrected chi connectivity index (χ0v) is 15.4. The third-order valence-electron chi connectivity index (χ3n) is 3.63. The van der Waals surface area contributed by atoms with Crippen molar-refractivity contribution in [3.05, 3.63) is 52.5 Å². The standard InChI is InChI=1S/C19H22ClNO4/c1-4-13-9-10-18(15(20)11-13)25-12-14-16(21-19(22)23-3)7-6-8-17(14)24-5-2/h6-11H,4-5,12H2,1-3H3,(H,21,22). The molecule has 0 atom stereocenters. The first-order chi connectivity index (χ1) is 12.1. The van der Waals surface area contributed by atoms with Gasteiger partial charge in [-0.2, -0.15) is 0 Å². The lowest BCUT2D eigenvalue weighted by molar-refractivity contribution is 0.187. The van der Waals surface area contributed by atoms with E-state index in [9.17, 15) is 4.79 Å². The second-order valence-corrected chi connectivity index (χ2v) is 5.65. The van der Waals surface area contributed by atoms with Gasteiger partial charge in [0, 0.05) is 0 Å². The summed E-state index contributed by atoms with van der Waals surface area (Å²) < 4.78 is 16.2. The molecule has 0 aromatic heterocycles. The summed E-state index contributed by atoms with van der Waals surface area (Å²) in [6.07, 6.45) is 0.348. The molecule has 2 rings (SSSR count). The summed E-state index contributed by atoms with van der Waals surface area (Å²) in [6, 6.07) is 11.1. The second kappa shape index (κ2) is 9.18. The number of nitrogens with one attached hydrogen (secondary N) is 1. The van der Waals surface area contributed by atoms with Gasteiger partial charge in [0.25, 0.3) is 0 Å². The normalized spacial score (nSPS) is 10.2. The van der Waals surface area contributed by atoms with E-state index >= 15 is 0 Å². The molecule has 0 fully saturated rings. The zero-order chi connectivity index (χ0) is 18.2. The van der Waals surface area contributed by atoms with Crippen molar-refractivity contribution in [2.75, 3.05) is 19.0 Å². The van der Waals surface area contributed by atoms with Gasteiger partial charge in [0.15, 0.2) is 0 Å². The minimum Gasteiger partial charge on any atom is -0.493 e. The molecule has 5 nitrogen and oxygen atoms in total. The van der Waals surface area contributed by atoms with Crippen molar-refractivity contribution >= 4 is 23.4 Å². The van der Waals surface area contributed by atoms with E-state index < -0.39 is 6.09 Å². The van der Waals surface area contributed by atoms with Crippen molar-refractivity contribution < 1.29 is 19.0 Å². The Bertz CT molecular complexity index is 733. The first-order valence-electron chi connectivity index (χ1n) is 8.09. The van der Waals surface area contributed by atoms with Crippen LogP contribution in [-0.2, 0) is 17.8 Å². The highest BCUT2D eigenvalue weighted by molar-refractivity contribution is 6.32. The Kier molecular flexibility index (Phi) is 6.95. The summed E-state index contributed by atoms with van der Waals surface area (Å²) in [5.74, 6) is 1.21. The van der Waals surface area contributed by atoms with Gasteiger partial charge in [-0.3, -0.25) is 5.32 Å². The predicted octanol–water partition coefficient (Wildman–Crippen LogP) is 5.06. The van der Waals surface area contributed by atoms with Crippen molar-refractivity contribution in [1.29, 1.82) is 0 Å². The largest absolute Gasteiger partial charge is 0.493 e. The van der Waals surface area contributed by atoms with Gasteiger partial charge in [0.2, 0.25) is 0 Å². The van der Waals surface area contributed by atoms with E-state index in [4.69, 9.17) is 21.1 Å². The number of halogens is 1. The van der Waals surface area contributed by atoms with Crippen LogP contribution in [0.1, 0.15) is 25.0 Å². The van der Waals surface area contributed by atoms with Gasteiger partial charge in [0.05, 0.1) is 30.0 Å². The average molecular weight is 364 g/mol. The number of amides is 1. The van der Waals surface area contributed by atoms with Gasteiger partial charge < -0.3 is 14.2 Å². The summed E-state index contributed by atoms with van der Waals surface area (Å²) in [5.41, 5.74) is 2.42. The van der Waals surface area contributed by atoms with E-state index in [0.29, 0.717) is 34.4 Å². The minimum atomic E-state index is -0.555. The van der Waals surface area contributed by atoms with Gasteiger partial charge in [-0.15, -0.1) is 0 Å². The van der Waals surface area contributed by atoms with E-state index in [1.807, 2.05) is 31.2 Å². The summed E-state index contributed by atoms with van der Waals surface area (Å²) in [4.78, 5) is 11.6. The minimum absolute atomic E-state index is 0.195. The van der Waals surface area contributed by atoms with Crippen LogP contribution >= 0.6 is 11.6 Å². The fraction of sp³-hybridized carbons (Fsp3) is 0.316. The number of rotatable bonds is 7. The van der Waals surface area contributed by atoms with Gasteiger partial charge in [-0.25, -0.2) is 4.79 Å². The number of benzene rings is 2. The molecule has 0 saturated heterocycles. The van der Waals surface area contributed by atoms with Gasteiger partial charge in [-0.05, 0) is 43.2 Å². The van der Waals surface area contributed by atoms with E-state index in [1.165, 1.54) is 7.11 Å². The number of carbonyl (C=O) groups is 1. The molecule has 0 bridgehead atoms. The van der Waals surface area contributed by atoms with Crippen LogP contribution in [0.15, 0.2) is 36.4 Å². The second-order valence-electron chi connectivity index (χ2n) is 5.24. The lowest BCUT2D eigenvalue weighted by Gasteiger charge is -2.16. The Morgan fingerprint density at radius 3 is 2.56 bits per heavy atom. The topological polar surface area (TPSA) is 56.8 Å². The Labute approximate surface area is 152 Å². The summed E-state index contributed by atoms with van der Waals surface area (Å²) in [7, 11) is 1.31. The maximum absolute atomic E-state index is 11.6. The monoisotopic (exact) mass is 363 g/mol. The van der Waals surface area contributed by atoms with Gasteiger partial charge in [0.1, 0.15) is 18.1 Å². The van der Waals surface area contributed by atoms with E-state index in [-0.39, 0.29) is 6.61 Å². The number of anilines is 1. The Morgan fingerprint density at radius 1 is 1.12 bits per heavy atom. The fourth-order valence-corrected chi connectivity index (χ4v) is 2.57. The number of methoxy groups -OCH3 is 1. The number of ether oxygens (including phenoxy) is 3. The first-order valence-corrected chi connectivity index (χ1v) is 8.47. The number of hydrogen-bond acceptors (Lipinski definition) is 4. The number of hydrogen-bond donors (Lipinski definition) is 1. The highest BCUT2D eigenvalue weighted by atomic mass is 35.5. The third-order valence-corrected chi connectivity index (χ3v) is 3.93. The van der Waals surface area contributed by atoms with Crippen LogP contribution in [0.4, 0.5) is 10.5 Å². The smallest absolute Gasteiger partial charge is 0.411 e. The molecule has 0 radical (unpaired) electrons. The van der Waals surface area contributed by atoms with Crippen molar-refractivity contribution in [3.8, 4) is 11.5 Å². The van der Waals surface area contributed by atoms with Crippen LogP contribution < -0.4 is 14.8 Å². The molecule has 2 aromatic carbocycles. The molecule has 0 aliphatic heterocycles. The van der Waals surface area contributed by atoms with Gasteiger partial charge >= 0.3 is 6.09 Å². The van der Waals surface area contributed by atoms with Crippen LogP contribution in [0.25, 0.3) is 0 Å². The Morgan fingerprint density at radius 2 is 1.92 bits per heavy atom. The van der Waals surface area contributed by atoms with Crippen LogP contribution in [0.3, 0.4) is 0 Å². The predicted molar refractivity (Wildman–Crippen MR) is 98.8 cm³/mol. The lowest BCUT2D eigenvalue weighted by Crippen LogP contribution is -2.14. The summed E-state index contributed by atoms with van der Waals surface area (Å²) >= 11 is 6.28. The highest BCUT2D eigenvalue weighted by Gasteiger charge is 2.14. The first kappa shape index (κ1) is 18.9. The van der Waals surface area contributed by atoms with Crippen molar-refractivity contribution in [3.63, 3.8) is 0 Å². The SMILES string of the molecule is CCOc1cccc(NC(=O)OC)c1COc1ccc(CC)cc1Cl. The highest BCUT2D eigenvalue weighted by Crippen LogP contribution is 2.31. The summed E-state index contributed by atoms with van der Waals surface area (Å²) in [5, 5.41) is 3.23. The molecule has 134 valence electrons. The molecule has 0 saturated carbocycles. The molecule has 1 amide bonds. The fourth-order valence-electron chi connectivity index (χ4n) is 2.31. The third kappa shape index (κ3) is 5.03. The van der Waals surface area contributed by atoms with Crippen molar-refractivity contribution in [2.45, 2.75) is 26.9 Å². The molecule has 6 heteroatoms. The average Bonchev–Trinajstić information content (AvgIpc) is 2.62. The van der Waals surface area contributed by atoms with Crippen LogP contribution in [0.2, 0.25) is 5.02 Å². The quantitative estimate of drug-likeness (QED) is 0.747. The molecule has 25 heavy (non-hydrogen) atoms. The van der Waals surface area contributed by atoms with Crippen LogP contribution in [0, 0.1) is 0 Å². The van der Waals surface area contributed by atoms with Crippen LogP contribution in [0.5, 0.6) is 11.5 Å². The number of aryl methyl sites for hydroxylation is 1. The maximum atomic E-state index is 11.6. The molecule has 0 aliphatic rings. The van der Waals surface area contributed by atoms with E-state index in [2.05, 4.69) is 17.0 Å². The molecular formula is C19H22ClNO4. The maximum Gasteiger partial charge on any atom is 0.411 e. The lowest BCUT2D eigenvalue weighted by atomic mass is 10.1. The molecule has 0 heterocycles. The van der Waals surface area contributed by atoms with E-state index in [1.54, 1.807) is 12.1 Å². The molecule has 0 aliphatic carbocycles.